The van der Waals surface area contributed by atoms with Crippen LogP contribution in [0.3, 0.4) is 0 Å². The summed E-state index contributed by atoms with van der Waals surface area (Å²) in [4.78, 5) is 0. The summed E-state index contributed by atoms with van der Waals surface area (Å²) in [6.07, 6.45) is 0. The van der Waals surface area contributed by atoms with E-state index in [9.17, 15) is 10.2 Å². The van der Waals surface area contributed by atoms with Gasteiger partial charge in [-0.05, 0) is 29.8 Å². The summed E-state index contributed by atoms with van der Waals surface area (Å²) < 4.78 is 0. The summed E-state index contributed by atoms with van der Waals surface area (Å²) >= 11 is 23.4. The third-order valence-electron chi connectivity index (χ3n) is 2.39. The van der Waals surface area contributed by atoms with Crippen molar-refractivity contribution in [3.63, 3.8) is 0 Å². The van der Waals surface area contributed by atoms with Crippen LogP contribution in [0, 0.1) is 0 Å². The zero-order valence-corrected chi connectivity index (χ0v) is 11.7. The number of benzene rings is 2. The zero-order valence-electron chi connectivity index (χ0n) is 8.72. The molecule has 0 heterocycles. The lowest BCUT2D eigenvalue weighted by atomic mass is 10.0. The molecule has 0 unspecified atom stereocenters. The number of hydrogen-bond acceptors (Lipinski definition) is 2. The molecule has 0 atom stereocenters. The van der Waals surface area contributed by atoms with Gasteiger partial charge in [-0.3, -0.25) is 0 Å². The highest BCUT2D eigenvalue weighted by atomic mass is 35.5. The topological polar surface area (TPSA) is 40.5 Å². The zero-order chi connectivity index (χ0) is 13.4. The minimum absolute atomic E-state index is 0.130. The molecule has 0 bridgehead atoms. The number of phenolic OH excluding ortho intramolecular Hbond substituents is 2. The molecule has 0 spiro atoms. The predicted molar refractivity (Wildman–Crippen MR) is 75.2 cm³/mol. The molecule has 0 aliphatic carbocycles. The lowest BCUT2D eigenvalue weighted by Crippen LogP contribution is -1.83. The van der Waals surface area contributed by atoms with Crippen molar-refractivity contribution in [2.75, 3.05) is 0 Å². The van der Waals surface area contributed by atoms with Crippen molar-refractivity contribution in [2.24, 2.45) is 0 Å². The molecule has 2 rings (SSSR count). The van der Waals surface area contributed by atoms with Crippen molar-refractivity contribution < 1.29 is 10.2 Å². The average Bonchev–Trinajstić information content (AvgIpc) is 2.33. The van der Waals surface area contributed by atoms with Gasteiger partial charge < -0.3 is 10.2 Å². The Kier molecular flexibility index (Phi) is 3.83. The van der Waals surface area contributed by atoms with Gasteiger partial charge >= 0.3 is 0 Å². The van der Waals surface area contributed by atoms with E-state index in [-0.39, 0.29) is 31.6 Å². The van der Waals surface area contributed by atoms with E-state index in [0.717, 1.165) is 0 Å². The molecule has 0 aromatic heterocycles. The van der Waals surface area contributed by atoms with Gasteiger partial charge in [0, 0.05) is 5.56 Å². The maximum atomic E-state index is 9.87. The first-order valence-electron chi connectivity index (χ1n) is 4.77. The van der Waals surface area contributed by atoms with Crippen LogP contribution < -0.4 is 0 Å². The van der Waals surface area contributed by atoms with Crippen LogP contribution in [0.5, 0.6) is 11.5 Å². The van der Waals surface area contributed by atoms with Gasteiger partial charge in [-0.1, -0.05) is 46.4 Å². The summed E-state index contributed by atoms with van der Waals surface area (Å²) in [5, 5.41) is 19.9. The van der Waals surface area contributed by atoms with E-state index in [2.05, 4.69) is 0 Å². The lowest BCUT2D eigenvalue weighted by Gasteiger charge is -2.09. The quantitative estimate of drug-likeness (QED) is 0.692. The Hall–Kier alpha value is -0.800. The van der Waals surface area contributed by atoms with Crippen LogP contribution in [0.25, 0.3) is 11.1 Å². The molecule has 0 aliphatic rings. The molecular weight excluding hydrogens is 318 g/mol. The van der Waals surface area contributed by atoms with E-state index >= 15 is 0 Å². The van der Waals surface area contributed by atoms with Gasteiger partial charge in [-0.2, -0.15) is 0 Å². The van der Waals surface area contributed by atoms with Gasteiger partial charge in [-0.15, -0.1) is 0 Å². The number of rotatable bonds is 1. The first-order chi connectivity index (χ1) is 8.41. The van der Waals surface area contributed by atoms with E-state index in [1.165, 1.54) is 12.1 Å². The Labute approximate surface area is 123 Å². The minimum Gasteiger partial charge on any atom is -0.506 e. The van der Waals surface area contributed by atoms with Crippen LogP contribution in [-0.2, 0) is 0 Å². The van der Waals surface area contributed by atoms with Crippen LogP contribution >= 0.6 is 46.4 Å². The van der Waals surface area contributed by atoms with Gasteiger partial charge in [-0.25, -0.2) is 0 Å². The third-order valence-corrected chi connectivity index (χ3v) is 3.96. The second kappa shape index (κ2) is 5.06. The Morgan fingerprint density at radius 2 is 1.33 bits per heavy atom. The summed E-state index contributed by atoms with van der Waals surface area (Å²) in [6.45, 7) is 0. The SMILES string of the molecule is Oc1ccc(-c2cc(Cl)c(Cl)c(Cl)c2)c(O)c1Cl. The highest BCUT2D eigenvalue weighted by Crippen LogP contribution is 2.43. The molecule has 0 saturated heterocycles. The molecule has 0 radical (unpaired) electrons. The van der Waals surface area contributed by atoms with E-state index in [1.54, 1.807) is 12.1 Å². The highest BCUT2D eigenvalue weighted by Gasteiger charge is 2.14. The van der Waals surface area contributed by atoms with Crippen molar-refractivity contribution in [3.05, 3.63) is 44.4 Å². The number of halogens is 4. The summed E-state index contributed by atoms with van der Waals surface area (Å²) in [6, 6.07) is 5.98. The molecule has 2 N–H and O–H groups in total. The second-order valence-electron chi connectivity index (χ2n) is 3.55. The molecule has 2 aromatic rings. The Morgan fingerprint density at radius 1 is 0.778 bits per heavy atom. The van der Waals surface area contributed by atoms with Crippen molar-refractivity contribution in [2.45, 2.75) is 0 Å². The van der Waals surface area contributed by atoms with Crippen LogP contribution in [0.15, 0.2) is 24.3 Å². The number of phenols is 2. The van der Waals surface area contributed by atoms with Gasteiger partial charge in [0.2, 0.25) is 0 Å². The van der Waals surface area contributed by atoms with Crippen LogP contribution in [0.1, 0.15) is 0 Å². The Balaban J connectivity index is 2.67. The molecular formula is C12H6Cl4O2. The summed E-state index contributed by atoms with van der Waals surface area (Å²) in [5.74, 6) is -0.449. The van der Waals surface area contributed by atoms with Crippen LogP contribution in [0.4, 0.5) is 0 Å². The standard InChI is InChI=1S/C12H6Cl4O2/c13-7-3-5(4-8(14)10(7)15)6-1-2-9(17)11(16)12(6)18/h1-4,17-18H. The van der Waals surface area contributed by atoms with Crippen molar-refractivity contribution in [3.8, 4) is 22.6 Å². The molecule has 94 valence electrons. The fourth-order valence-corrected chi connectivity index (χ4v) is 2.26. The van der Waals surface area contributed by atoms with Gasteiger partial charge in [0.05, 0.1) is 15.1 Å². The molecule has 0 saturated carbocycles. The normalized spacial score (nSPS) is 10.7. The maximum Gasteiger partial charge on any atom is 0.145 e. The molecule has 0 aliphatic heterocycles. The van der Waals surface area contributed by atoms with E-state index in [4.69, 9.17) is 46.4 Å². The predicted octanol–water partition coefficient (Wildman–Crippen LogP) is 5.38. The Bertz CT molecular complexity index is 603. The van der Waals surface area contributed by atoms with Crippen molar-refractivity contribution in [1.29, 1.82) is 0 Å². The fraction of sp³-hybridized carbons (Fsp3) is 0. The molecule has 2 nitrogen and oxygen atoms in total. The number of hydrogen-bond donors (Lipinski definition) is 2. The summed E-state index contributed by atoms with van der Waals surface area (Å²) in [5.41, 5.74) is 0.951. The molecule has 18 heavy (non-hydrogen) atoms. The molecule has 6 heteroatoms. The molecule has 2 aromatic carbocycles. The monoisotopic (exact) mass is 322 g/mol. The third kappa shape index (κ3) is 2.34. The minimum atomic E-state index is -0.244. The maximum absolute atomic E-state index is 9.87. The first kappa shape index (κ1) is 13.6. The van der Waals surface area contributed by atoms with Gasteiger partial charge in [0.15, 0.2) is 0 Å². The van der Waals surface area contributed by atoms with E-state index in [1.807, 2.05) is 0 Å². The summed E-state index contributed by atoms with van der Waals surface area (Å²) in [7, 11) is 0. The van der Waals surface area contributed by atoms with E-state index in [0.29, 0.717) is 11.1 Å². The van der Waals surface area contributed by atoms with Gasteiger partial charge in [0.1, 0.15) is 16.5 Å². The average molecular weight is 324 g/mol. The fourth-order valence-electron chi connectivity index (χ4n) is 1.50. The highest BCUT2D eigenvalue weighted by molar-refractivity contribution is 6.48. The molecule has 0 fully saturated rings. The second-order valence-corrected chi connectivity index (χ2v) is 5.12. The smallest absolute Gasteiger partial charge is 0.145 e. The van der Waals surface area contributed by atoms with Crippen LogP contribution in [0.2, 0.25) is 20.1 Å². The van der Waals surface area contributed by atoms with Crippen molar-refractivity contribution in [1.82, 2.24) is 0 Å². The first-order valence-corrected chi connectivity index (χ1v) is 6.28. The molecule has 0 amide bonds. The lowest BCUT2D eigenvalue weighted by molar-refractivity contribution is 0.452. The largest absolute Gasteiger partial charge is 0.506 e. The van der Waals surface area contributed by atoms with Crippen molar-refractivity contribution >= 4 is 46.4 Å². The number of aromatic hydroxyl groups is 2. The van der Waals surface area contributed by atoms with E-state index < -0.39 is 0 Å². The van der Waals surface area contributed by atoms with Gasteiger partial charge in [0.25, 0.3) is 0 Å². The Morgan fingerprint density at radius 3 is 1.89 bits per heavy atom. The van der Waals surface area contributed by atoms with Crippen LogP contribution in [-0.4, -0.2) is 10.2 Å².